The summed E-state index contributed by atoms with van der Waals surface area (Å²) in [6.07, 6.45) is 0.793. The zero-order valence-electron chi connectivity index (χ0n) is 19.0. The Morgan fingerprint density at radius 2 is 1.97 bits per heavy atom. The monoisotopic (exact) mass is 490 g/mol. The van der Waals surface area contributed by atoms with E-state index in [4.69, 9.17) is 11.6 Å². The molecule has 3 aromatic rings. The van der Waals surface area contributed by atoms with Crippen LogP contribution in [0.25, 0.3) is 10.9 Å². The minimum atomic E-state index is -0.562. The number of nitrogens with one attached hydrogen (secondary N) is 1. The summed E-state index contributed by atoms with van der Waals surface area (Å²) >= 11 is 7.25. The Bertz CT molecular complexity index is 1180. The number of anilines is 1. The number of hydrogen-bond donors (Lipinski definition) is 1. The van der Waals surface area contributed by atoms with Gasteiger partial charge in [-0.05, 0) is 63.3 Å². The Kier molecular flexibility index (Phi) is 8.88. The Morgan fingerprint density at radius 1 is 1.24 bits per heavy atom. The van der Waals surface area contributed by atoms with Crippen molar-refractivity contribution in [1.82, 2.24) is 14.5 Å². The van der Waals surface area contributed by atoms with Gasteiger partial charge < -0.3 is 10.2 Å². The number of carbonyl (C=O) groups is 1. The molecule has 0 radical (unpaired) electrons. The first-order chi connectivity index (χ1) is 15.8. The summed E-state index contributed by atoms with van der Waals surface area (Å²) in [4.78, 5) is 33.0. The van der Waals surface area contributed by atoms with Gasteiger partial charge in [0.25, 0.3) is 5.56 Å². The van der Waals surface area contributed by atoms with Crippen LogP contribution in [-0.2, 0) is 11.3 Å². The van der Waals surface area contributed by atoms with E-state index in [1.165, 1.54) is 23.9 Å². The van der Waals surface area contributed by atoms with Gasteiger partial charge in [0, 0.05) is 6.54 Å². The highest BCUT2D eigenvalue weighted by Gasteiger charge is 2.20. The number of fused-ring (bicyclic) bond motifs is 1. The predicted octanol–water partition coefficient (Wildman–Crippen LogP) is 5.04. The van der Waals surface area contributed by atoms with Gasteiger partial charge in [-0.2, -0.15) is 0 Å². The molecule has 2 aromatic carbocycles. The Hall–Kier alpha value is -2.42. The van der Waals surface area contributed by atoms with E-state index >= 15 is 0 Å². The SMILES string of the molecule is CCN(CC)CCCn1c(SC(C)C(=O)Nc2ccc(F)cc2Cl)nc2ccccc2c1=O. The highest BCUT2D eigenvalue weighted by atomic mass is 35.5. The van der Waals surface area contributed by atoms with Crippen molar-refractivity contribution in [2.45, 2.75) is 44.1 Å². The molecule has 1 unspecified atom stereocenters. The van der Waals surface area contributed by atoms with Gasteiger partial charge in [-0.3, -0.25) is 14.2 Å². The Balaban J connectivity index is 1.83. The minimum Gasteiger partial charge on any atom is -0.324 e. The number of carbonyl (C=O) groups excluding carboxylic acids is 1. The molecule has 176 valence electrons. The van der Waals surface area contributed by atoms with Crippen LogP contribution in [0, 0.1) is 5.82 Å². The van der Waals surface area contributed by atoms with Crippen LogP contribution >= 0.6 is 23.4 Å². The average Bonchev–Trinajstić information content (AvgIpc) is 2.80. The van der Waals surface area contributed by atoms with Crippen molar-refractivity contribution in [3.05, 3.63) is 63.7 Å². The molecule has 33 heavy (non-hydrogen) atoms. The zero-order valence-corrected chi connectivity index (χ0v) is 20.5. The average molecular weight is 491 g/mol. The molecule has 1 aromatic heterocycles. The first-order valence-electron chi connectivity index (χ1n) is 11.0. The number of nitrogens with zero attached hydrogens (tertiary/aromatic N) is 3. The van der Waals surface area contributed by atoms with Crippen molar-refractivity contribution < 1.29 is 9.18 Å². The molecule has 0 spiro atoms. The van der Waals surface area contributed by atoms with Gasteiger partial charge in [0.1, 0.15) is 5.82 Å². The largest absolute Gasteiger partial charge is 0.324 e. The van der Waals surface area contributed by atoms with Gasteiger partial charge in [0.15, 0.2) is 5.16 Å². The van der Waals surface area contributed by atoms with Crippen LogP contribution in [-0.4, -0.2) is 45.2 Å². The molecule has 6 nitrogen and oxygen atoms in total. The normalized spacial score (nSPS) is 12.3. The van der Waals surface area contributed by atoms with E-state index in [0.717, 1.165) is 32.1 Å². The smallest absolute Gasteiger partial charge is 0.262 e. The number of thioether (sulfide) groups is 1. The third kappa shape index (κ3) is 6.34. The number of para-hydroxylation sites is 1. The van der Waals surface area contributed by atoms with Crippen molar-refractivity contribution in [1.29, 1.82) is 0 Å². The van der Waals surface area contributed by atoms with E-state index in [2.05, 4.69) is 29.0 Å². The van der Waals surface area contributed by atoms with E-state index < -0.39 is 11.1 Å². The van der Waals surface area contributed by atoms with Crippen LogP contribution in [0.4, 0.5) is 10.1 Å². The number of amides is 1. The van der Waals surface area contributed by atoms with Gasteiger partial charge in [-0.25, -0.2) is 9.37 Å². The maximum Gasteiger partial charge on any atom is 0.262 e. The van der Waals surface area contributed by atoms with Crippen LogP contribution in [0.1, 0.15) is 27.2 Å². The second kappa shape index (κ2) is 11.6. The Labute approximate surface area is 202 Å². The van der Waals surface area contributed by atoms with E-state index in [1.807, 2.05) is 12.1 Å². The van der Waals surface area contributed by atoms with E-state index in [9.17, 15) is 14.0 Å². The molecule has 1 heterocycles. The summed E-state index contributed by atoms with van der Waals surface area (Å²) < 4.78 is 15.0. The lowest BCUT2D eigenvalue weighted by atomic mass is 10.2. The highest BCUT2D eigenvalue weighted by Crippen LogP contribution is 2.26. The van der Waals surface area contributed by atoms with Crippen LogP contribution in [0.3, 0.4) is 0 Å². The van der Waals surface area contributed by atoms with Crippen molar-refractivity contribution in [3.8, 4) is 0 Å². The number of benzene rings is 2. The molecule has 0 fully saturated rings. The summed E-state index contributed by atoms with van der Waals surface area (Å²) in [6.45, 7) is 9.24. The third-order valence-electron chi connectivity index (χ3n) is 5.42. The topological polar surface area (TPSA) is 67.2 Å². The second-order valence-corrected chi connectivity index (χ2v) is 9.34. The number of rotatable bonds is 10. The van der Waals surface area contributed by atoms with Crippen molar-refractivity contribution in [3.63, 3.8) is 0 Å². The molecule has 9 heteroatoms. The standard InChI is InChI=1S/C24H28ClFN4O2S/c1-4-29(5-2)13-8-14-30-23(32)18-9-6-7-10-20(18)28-24(30)33-16(3)22(31)27-21-12-11-17(26)15-19(21)25/h6-7,9-12,15-16H,4-5,8,13-14H2,1-3H3,(H,27,31). The fourth-order valence-electron chi connectivity index (χ4n) is 3.46. The lowest BCUT2D eigenvalue weighted by Crippen LogP contribution is -2.29. The van der Waals surface area contributed by atoms with Crippen LogP contribution in [0.2, 0.25) is 5.02 Å². The van der Waals surface area contributed by atoms with Gasteiger partial charge in [-0.15, -0.1) is 0 Å². The zero-order chi connectivity index (χ0) is 24.0. The summed E-state index contributed by atoms with van der Waals surface area (Å²) in [5.74, 6) is -0.792. The second-order valence-electron chi connectivity index (χ2n) is 7.62. The van der Waals surface area contributed by atoms with Gasteiger partial charge in [-0.1, -0.05) is 49.3 Å². The molecule has 0 saturated carbocycles. The number of aromatic nitrogens is 2. The Morgan fingerprint density at radius 3 is 2.67 bits per heavy atom. The molecule has 0 aliphatic heterocycles. The molecule has 0 saturated heterocycles. The maximum absolute atomic E-state index is 13.3. The van der Waals surface area contributed by atoms with Gasteiger partial charge in [0.05, 0.1) is 26.9 Å². The first kappa shape index (κ1) is 25.2. The van der Waals surface area contributed by atoms with E-state index in [-0.39, 0.29) is 16.5 Å². The fraction of sp³-hybridized carbons (Fsp3) is 0.375. The van der Waals surface area contributed by atoms with Crippen molar-refractivity contribution in [2.24, 2.45) is 0 Å². The first-order valence-corrected chi connectivity index (χ1v) is 12.2. The molecular weight excluding hydrogens is 463 g/mol. The molecular formula is C24H28ClFN4O2S. The molecule has 1 atom stereocenters. The molecule has 0 aliphatic carbocycles. The van der Waals surface area contributed by atoms with Crippen LogP contribution < -0.4 is 10.9 Å². The summed E-state index contributed by atoms with van der Waals surface area (Å²) in [5, 5.41) is 3.33. The lowest BCUT2D eigenvalue weighted by Gasteiger charge is -2.20. The summed E-state index contributed by atoms with van der Waals surface area (Å²) in [6, 6.07) is 11.0. The fourth-order valence-corrected chi connectivity index (χ4v) is 4.61. The molecule has 1 amide bonds. The van der Waals surface area contributed by atoms with Crippen molar-refractivity contribution >= 4 is 45.9 Å². The van der Waals surface area contributed by atoms with Crippen molar-refractivity contribution in [2.75, 3.05) is 25.0 Å². The highest BCUT2D eigenvalue weighted by molar-refractivity contribution is 8.00. The predicted molar refractivity (Wildman–Crippen MR) is 134 cm³/mol. The molecule has 0 aliphatic rings. The number of hydrogen-bond acceptors (Lipinski definition) is 5. The molecule has 1 N–H and O–H groups in total. The number of halogens is 2. The minimum absolute atomic E-state index is 0.114. The quantitative estimate of drug-likeness (QED) is 0.318. The van der Waals surface area contributed by atoms with E-state index in [1.54, 1.807) is 23.6 Å². The molecule has 0 bridgehead atoms. The lowest BCUT2D eigenvalue weighted by molar-refractivity contribution is -0.115. The summed E-state index contributed by atoms with van der Waals surface area (Å²) in [5.41, 5.74) is 0.814. The van der Waals surface area contributed by atoms with Gasteiger partial charge in [0.2, 0.25) is 5.91 Å². The van der Waals surface area contributed by atoms with Gasteiger partial charge >= 0.3 is 0 Å². The molecule has 3 rings (SSSR count). The maximum atomic E-state index is 13.3. The third-order valence-corrected chi connectivity index (χ3v) is 6.82. The van der Waals surface area contributed by atoms with E-state index in [0.29, 0.717) is 28.3 Å². The summed E-state index contributed by atoms with van der Waals surface area (Å²) in [7, 11) is 0. The van der Waals surface area contributed by atoms with Crippen LogP contribution in [0.5, 0.6) is 0 Å². The van der Waals surface area contributed by atoms with Crippen LogP contribution in [0.15, 0.2) is 52.4 Å².